The van der Waals surface area contributed by atoms with E-state index in [9.17, 15) is 13.2 Å². The first-order valence-corrected chi connectivity index (χ1v) is 11.0. The molecular weight excluding hydrogens is 400 g/mol. The van der Waals surface area contributed by atoms with E-state index in [2.05, 4.69) is 9.97 Å². The number of amides is 1. The lowest BCUT2D eigenvalue weighted by atomic mass is 9.95. The van der Waals surface area contributed by atoms with Crippen LogP contribution in [0.1, 0.15) is 26.7 Å². The van der Waals surface area contributed by atoms with Gasteiger partial charge < -0.3 is 4.90 Å². The van der Waals surface area contributed by atoms with Crippen LogP contribution in [0.25, 0.3) is 0 Å². The largest absolute Gasteiger partial charge is 0.308 e. The molecule has 7 nitrogen and oxygen atoms in total. The number of pyridine rings is 2. The molecule has 1 saturated heterocycles. The lowest BCUT2D eigenvalue weighted by molar-refractivity contribution is -0.123. The van der Waals surface area contributed by atoms with Gasteiger partial charge in [-0.25, -0.2) is 13.4 Å². The zero-order chi connectivity index (χ0) is 20.3. The van der Waals surface area contributed by atoms with Crippen molar-refractivity contribution >= 4 is 33.2 Å². The first-order chi connectivity index (χ1) is 13.3. The molecule has 0 aliphatic carbocycles. The smallest absolute Gasteiger partial charge is 0.246 e. The van der Waals surface area contributed by atoms with Gasteiger partial charge in [0.05, 0.1) is 11.9 Å². The Morgan fingerprint density at radius 1 is 1.21 bits per heavy atom. The van der Waals surface area contributed by atoms with E-state index in [1.165, 1.54) is 16.6 Å². The minimum absolute atomic E-state index is 0.000502. The fraction of sp³-hybridized carbons (Fsp3) is 0.421. The van der Waals surface area contributed by atoms with Crippen molar-refractivity contribution in [2.75, 3.05) is 18.0 Å². The van der Waals surface area contributed by atoms with Crippen LogP contribution in [-0.4, -0.2) is 47.7 Å². The van der Waals surface area contributed by atoms with Crippen molar-refractivity contribution in [2.24, 2.45) is 5.92 Å². The number of carbonyl (C=O) groups excluding carboxylic acids is 1. The Morgan fingerprint density at radius 3 is 2.46 bits per heavy atom. The molecule has 9 heteroatoms. The second-order valence-corrected chi connectivity index (χ2v) is 9.25. The third kappa shape index (κ3) is 4.19. The molecule has 0 saturated carbocycles. The third-order valence-electron chi connectivity index (χ3n) is 4.82. The van der Waals surface area contributed by atoms with Crippen LogP contribution in [0.4, 0.5) is 5.69 Å². The van der Waals surface area contributed by atoms with Gasteiger partial charge in [-0.15, -0.1) is 0 Å². The van der Waals surface area contributed by atoms with Gasteiger partial charge in [0.1, 0.15) is 10.0 Å². The monoisotopic (exact) mass is 422 g/mol. The summed E-state index contributed by atoms with van der Waals surface area (Å²) in [5.74, 6) is -0.238. The molecule has 0 bridgehead atoms. The average molecular weight is 423 g/mol. The molecule has 1 fully saturated rings. The van der Waals surface area contributed by atoms with E-state index in [0.717, 1.165) is 5.69 Å². The molecule has 3 heterocycles. The van der Waals surface area contributed by atoms with Crippen LogP contribution in [0.2, 0.25) is 5.15 Å². The molecule has 0 aromatic carbocycles. The number of rotatable bonds is 5. The number of anilines is 1. The van der Waals surface area contributed by atoms with E-state index in [4.69, 9.17) is 11.6 Å². The van der Waals surface area contributed by atoms with Crippen molar-refractivity contribution in [1.82, 2.24) is 14.3 Å². The average Bonchev–Trinajstić information content (AvgIpc) is 2.69. The van der Waals surface area contributed by atoms with Crippen LogP contribution < -0.4 is 4.90 Å². The maximum atomic E-state index is 13.1. The minimum atomic E-state index is -3.73. The Morgan fingerprint density at radius 2 is 1.89 bits per heavy atom. The second kappa shape index (κ2) is 8.55. The lowest BCUT2D eigenvalue weighted by Gasteiger charge is -2.35. The minimum Gasteiger partial charge on any atom is -0.308 e. The van der Waals surface area contributed by atoms with Gasteiger partial charge in [0.15, 0.2) is 0 Å². The van der Waals surface area contributed by atoms with Crippen molar-refractivity contribution in [1.29, 1.82) is 0 Å². The van der Waals surface area contributed by atoms with E-state index in [0.29, 0.717) is 12.8 Å². The predicted octanol–water partition coefficient (Wildman–Crippen LogP) is 2.97. The molecule has 3 rings (SSSR count). The van der Waals surface area contributed by atoms with E-state index in [1.54, 1.807) is 29.4 Å². The van der Waals surface area contributed by atoms with Crippen LogP contribution >= 0.6 is 11.6 Å². The number of piperidine rings is 1. The van der Waals surface area contributed by atoms with Gasteiger partial charge in [0.25, 0.3) is 0 Å². The molecule has 0 spiro atoms. The van der Waals surface area contributed by atoms with Gasteiger partial charge in [0, 0.05) is 37.4 Å². The van der Waals surface area contributed by atoms with Crippen LogP contribution in [0.5, 0.6) is 0 Å². The molecule has 0 atom stereocenters. The summed E-state index contributed by atoms with van der Waals surface area (Å²) in [7, 11) is -3.73. The van der Waals surface area contributed by atoms with Crippen molar-refractivity contribution < 1.29 is 13.2 Å². The highest BCUT2D eigenvalue weighted by Gasteiger charge is 2.35. The van der Waals surface area contributed by atoms with Gasteiger partial charge in [-0.2, -0.15) is 4.31 Å². The molecule has 1 aliphatic heterocycles. The Bertz CT molecular complexity index is 929. The highest BCUT2D eigenvalue weighted by Crippen LogP contribution is 2.29. The molecule has 0 N–H and O–H groups in total. The highest BCUT2D eigenvalue weighted by molar-refractivity contribution is 7.89. The molecule has 0 radical (unpaired) electrons. The maximum absolute atomic E-state index is 13.1. The van der Waals surface area contributed by atoms with E-state index in [-0.39, 0.29) is 41.0 Å². The Balaban J connectivity index is 1.73. The summed E-state index contributed by atoms with van der Waals surface area (Å²) in [6.07, 6.45) is 5.70. The number of nitrogens with zero attached hydrogens (tertiary/aromatic N) is 4. The fourth-order valence-electron chi connectivity index (χ4n) is 3.42. The van der Waals surface area contributed by atoms with E-state index >= 15 is 0 Å². The number of carbonyl (C=O) groups is 1. The maximum Gasteiger partial charge on any atom is 0.246 e. The Labute approximate surface area is 170 Å². The topological polar surface area (TPSA) is 83.5 Å². The summed E-state index contributed by atoms with van der Waals surface area (Å²) in [5.41, 5.74) is 0.750. The molecular formula is C19H23ClN4O3S. The molecule has 150 valence electrons. The number of aromatic nitrogens is 2. The van der Waals surface area contributed by atoms with Crippen LogP contribution in [0.3, 0.4) is 0 Å². The molecule has 0 unspecified atom stereocenters. The highest BCUT2D eigenvalue weighted by atomic mass is 35.5. The third-order valence-corrected chi connectivity index (χ3v) is 7.17. The van der Waals surface area contributed by atoms with Crippen LogP contribution in [-0.2, 0) is 14.8 Å². The van der Waals surface area contributed by atoms with Gasteiger partial charge in [0.2, 0.25) is 15.9 Å². The molecule has 28 heavy (non-hydrogen) atoms. The summed E-state index contributed by atoms with van der Waals surface area (Å²) < 4.78 is 27.1. The van der Waals surface area contributed by atoms with Crippen LogP contribution in [0.15, 0.2) is 47.8 Å². The number of sulfonamides is 1. The first-order valence-electron chi connectivity index (χ1n) is 9.16. The summed E-state index contributed by atoms with van der Waals surface area (Å²) in [5, 5.41) is -0.0386. The summed E-state index contributed by atoms with van der Waals surface area (Å²) in [6.45, 7) is 4.44. The summed E-state index contributed by atoms with van der Waals surface area (Å²) in [6, 6.07) is 6.63. The van der Waals surface area contributed by atoms with Crippen molar-refractivity contribution in [3.05, 3.63) is 48.0 Å². The van der Waals surface area contributed by atoms with Gasteiger partial charge in [-0.1, -0.05) is 11.6 Å². The van der Waals surface area contributed by atoms with Gasteiger partial charge >= 0.3 is 0 Å². The number of hydrogen-bond donors (Lipinski definition) is 0. The van der Waals surface area contributed by atoms with Gasteiger partial charge in [-0.05, 0) is 51.0 Å². The zero-order valence-corrected chi connectivity index (χ0v) is 17.4. The standard InChI is InChI=1S/C19H23ClN4O3S/c1-14(2)24(16-5-3-9-21-13-16)19(25)15-7-11-23(12-8-15)28(26,27)17-6-4-10-22-18(17)20/h3-6,9-10,13-15H,7-8,11-12H2,1-2H3. The quantitative estimate of drug-likeness (QED) is 0.691. The van der Waals surface area contributed by atoms with Crippen molar-refractivity contribution in [3.63, 3.8) is 0 Å². The Kier molecular flexibility index (Phi) is 6.32. The summed E-state index contributed by atoms with van der Waals surface area (Å²) >= 11 is 5.97. The van der Waals surface area contributed by atoms with Crippen molar-refractivity contribution in [3.8, 4) is 0 Å². The van der Waals surface area contributed by atoms with Crippen molar-refractivity contribution in [2.45, 2.75) is 37.6 Å². The Hall–Kier alpha value is -2.03. The molecule has 1 aliphatic rings. The lowest BCUT2D eigenvalue weighted by Crippen LogP contribution is -2.46. The van der Waals surface area contributed by atoms with Crippen LogP contribution in [0, 0.1) is 5.92 Å². The molecule has 2 aromatic rings. The number of hydrogen-bond acceptors (Lipinski definition) is 5. The number of halogens is 1. The molecule has 2 aromatic heterocycles. The SMILES string of the molecule is CC(C)N(C(=O)C1CCN(S(=O)(=O)c2cccnc2Cl)CC1)c1cccnc1. The summed E-state index contributed by atoms with van der Waals surface area (Å²) in [4.78, 5) is 22.8. The second-order valence-electron chi connectivity index (χ2n) is 6.98. The van der Waals surface area contributed by atoms with Gasteiger partial charge in [-0.3, -0.25) is 9.78 Å². The predicted molar refractivity (Wildman–Crippen MR) is 108 cm³/mol. The molecule has 1 amide bonds. The first kappa shape index (κ1) is 20.7. The van der Waals surface area contributed by atoms with E-state index < -0.39 is 10.0 Å². The fourth-order valence-corrected chi connectivity index (χ4v) is 5.32. The van der Waals surface area contributed by atoms with E-state index in [1.807, 2.05) is 19.9 Å². The normalized spacial score (nSPS) is 16.3. The zero-order valence-electron chi connectivity index (χ0n) is 15.8.